The van der Waals surface area contributed by atoms with Gasteiger partial charge in [-0.05, 0) is 62.2 Å². The molecule has 0 radical (unpaired) electrons. The predicted octanol–water partition coefficient (Wildman–Crippen LogP) is 3.11. The molecular weight excluding hydrogens is 336 g/mol. The molecule has 3 heterocycles. The van der Waals surface area contributed by atoms with E-state index in [2.05, 4.69) is 34.3 Å². The van der Waals surface area contributed by atoms with Gasteiger partial charge in [-0.25, -0.2) is 0 Å². The molecule has 2 aliphatic heterocycles. The highest BCUT2D eigenvalue weighted by Crippen LogP contribution is 2.23. The zero-order valence-electron chi connectivity index (χ0n) is 16.3. The lowest BCUT2D eigenvalue weighted by molar-refractivity contribution is 0.0690. The highest BCUT2D eigenvalue weighted by atomic mass is 16.2. The maximum absolute atomic E-state index is 12.5. The largest absolute Gasteiger partial charge is 0.339 e. The summed E-state index contributed by atoms with van der Waals surface area (Å²) in [7, 11) is 1.85. The number of carbonyl (C=O) groups is 1. The molecule has 2 aromatic rings. The fraction of sp³-hybridized carbons (Fsp3) is 0.545. The van der Waals surface area contributed by atoms with Crippen molar-refractivity contribution >= 4 is 5.91 Å². The molecule has 1 aromatic carbocycles. The van der Waals surface area contributed by atoms with E-state index in [1.165, 1.54) is 37.1 Å². The number of carbonyl (C=O) groups excluding carboxylic acids is 1. The first-order valence-electron chi connectivity index (χ1n) is 10.3. The van der Waals surface area contributed by atoms with Gasteiger partial charge in [-0.2, -0.15) is 5.10 Å². The molecule has 2 fully saturated rings. The molecule has 2 saturated heterocycles. The molecule has 0 bridgehead atoms. The fourth-order valence-electron chi connectivity index (χ4n) is 4.37. The number of benzene rings is 1. The second-order valence-corrected chi connectivity index (χ2v) is 8.14. The third kappa shape index (κ3) is 4.59. The molecule has 1 amide bonds. The summed E-state index contributed by atoms with van der Waals surface area (Å²) in [5.41, 5.74) is 3.55. The van der Waals surface area contributed by atoms with E-state index in [0.717, 1.165) is 38.9 Å². The Kier molecular flexibility index (Phi) is 5.58. The summed E-state index contributed by atoms with van der Waals surface area (Å²) in [6.07, 6.45) is 9.46. The van der Waals surface area contributed by atoms with E-state index in [1.54, 1.807) is 17.1 Å². The molecule has 4 rings (SSSR count). The molecule has 144 valence electrons. The number of aromatic nitrogens is 2. The maximum Gasteiger partial charge on any atom is 0.257 e. The lowest BCUT2D eigenvalue weighted by Gasteiger charge is -2.32. The lowest BCUT2D eigenvalue weighted by atomic mass is 9.89. The second-order valence-electron chi connectivity index (χ2n) is 8.14. The van der Waals surface area contributed by atoms with Crippen molar-refractivity contribution in [3.05, 3.63) is 53.3 Å². The minimum Gasteiger partial charge on any atom is -0.339 e. The Balaban J connectivity index is 1.25. The Hall–Kier alpha value is -2.14. The SMILES string of the molecule is Cn1cc(C(=O)N2CCC(Cc3ccc(CN4CCCC4)cc3)CC2)cn1. The normalized spacial score (nSPS) is 18.9. The van der Waals surface area contributed by atoms with Gasteiger partial charge >= 0.3 is 0 Å². The molecule has 1 aromatic heterocycles. The Labute approximate surface area is 162 Å². The van der Waals surface area contributed by atoms with Crippen molar-refractivity contribution in [2.24, 2.45) is 13.0 Å². The smallest absolute Gasteiger partial charge is 0.257 e. The zero-order chi connectivity index (χ0) is 18.6. The van der Waals surface area contributed by atoms with Crippen molar-refractivity contribution in [1.82, 2.24) is 19.6 Å². The molecule has 0 spiro atoms. The van der Waals surface area contributed by atoms with Crippen LogP contribution in [0.2, 0.25) is 0 Å². The average Bonchev–Trinajstić information content (AvgIpc) is 3.35. The van der Waals surface area contributed by atoms with E-state index in [4.69, 9.17) is 0 Å². The second kappa shape index (κ2) is 8.26. The third-order valence-electron chi connectivity index (χ3n) is 6.01. The van der Waals surface area contributed by atoms with Gasteiger partial charge in [0.1, 0.15) is 0 Å². The van der Waals surface area contributed by atoms with E-state index in [0.29, 0.717) is 11.5 Å². The van der Waals surface area contributed by atoms with Crippen molar-refractivity contribution in [2.45, 2.75) is 38.6 Å². The van der Waals surface area contributed by atoms with Gasteiger partial charge in [0, 0.05) is 32.9 Å². The number of piperidine rings is 1. The lowest BCUT2D eigenvalue weighted by Crippen LogP contribution is -2.38. The fourth-order valence-corrected chi connectivity index (χ4v) is 4.37. The number of likely N-dealkylation sites (tertiary alicyclic amines) is 2. The Bertz CT molecular complexity index is 753. The molecule has 0 N–H and O–H groups in total. The van der Waals surface area contributed by atoms with Crippen LogP contribution >= 0.6 is 0 Å². The van der Waals surface area contributed by atoms with Crippen LogP contribution < -0.4 is 0 Å². The summed E-state index contributed by atoms with van der Waals surface area (Å²) in [4.78, 5) is 17.1. The van der Waals surface area contributed by atoms with E-state index >= 15 is 0 Å². The summed E-state index contributed by atoms with van der Waals surface area (Å²) in [5.74, 6) is 0.792. The van der Waals surface area contributed by atoms with Crippen molar-refractivity contribution in [3.8, 4) is 0 Å². The van der Waals surface area contributed by atoms with E-state index in [9.17, 15) is 4.79 Å². The molecular formula is C22H30N4O. The number of rotatable bonds is 5. The minimum absolute atomic E-state index is 0.118. The van der Waals surface area contributed by atoms with Crippen molar-refractivity contribution in [3.63, 3.8) is 0 Å². The Morgan fingerprint density at radius 2 is 1.70 bits per heavy atom. The molecule has 5 heteroatoms. The molecule has 5 nitrogen and oxygen atoms in total. The van der Waals surface area contributed by atoms with Crippen molar-refractivity contribution in [2.75, 3.05) is 26.2 Å². The summed E-state index contributed by atoms with van der Waals surface area (Å²) in [6, 6.07) is 9.21. The first kappa shape index (κ1) is 18.2. The quantitative estimate of drug-likeness (QED) is 0.816. The van der Waals surface area contributed by atoms with Crippen molar-refractivity contribution in [1.29, 1.82) is 0 Å². The van der Waals surface area contributed by atoms with Crippen LogP contribution in [-0.2, 0) is 20.0 Å². The van der Waals surface area contributed by atoms with Gasteiger partial charge < -0.3 is 4.90 Å². The predicted molar refractivity (Wildman–Crippen MR) is 106 cm³/mol. The van der Waals surface area contributed by atoms with Crippen LogP contribution in [0.25, 0.3) is 0 Å². The maximum atomic E-state index is 12.5. The van der Waals surface area contributed by atoms with Gasteiger partial charge in [0.15, 0.2) is 0 Å². The van der Waals surface area contributed by atoms with Crippen LogP contribution in [0, 0.1) is 5.92 Å². The number of hydrogen-bond acceptors (Lipinski definition) is 3. The van der Waals surface area contributed by atoms with Gasteiger partial charge in [0.05, 0.1) is 11.8 Å². The summed E-state index contributed by atoms with van der Waals surface area (Å²) >= 11 is 0. The van der Waals surface area contributed by atoms with Gasteiger partial charge in [-0.15, -0.1) is 0 Å². The van der Waals surface area contributed by atoms with Gasteiger partial charge in [0.25, 0.3) is 5.91 Å². The van der Waals surface area contributed by atoms with E-state index in [1.807, 2.05) is 11.9 Å². The molecule has 0 aliphatic carbocycles. The standard InChI is InChI=1S/C22H30N4O/c1-24-17-21(15-23-24)22(27)26-12-8-19(9-13-26)14-18-4-6-20(7-5-18)16-25-10-2-3-11-25/h4-7,15,17,19H,2-3,8-14,16H2,1H3. The van der Waals surface area contributed by atoms with Gasteiger partial charge in [-0.1, -0.05) is 24.3 Å². The molecule has 0 saturated carbocycles. The molecule has 0 atom stereocenters. The molecule has 2 aliphatic rings. The molecule has 0 unspecified atom stereocenters. The molecule has 27 heavy (non-hydrogen) atoms. The number of hydrogen-bond donors (Lipinski definition) is 0. The topological polar surface area (TPSA) is 41.4 Å². The number of nitrogens with zero attached hydrogens (tertiary/aromatic N) is 4. The minimum atomic E-state index is 0.118. The van der Waals surface area contributed by atoms with Crippen LogP contribution in [0.1, 0.15) is 47.2 Å². The van der Waals surface area contributed by atoms with Crippen molar-refractivity contribution < 1.29 is 4.79 Å². The van der Waals surface area contributed by atoms with Crippen LogP contribution in [0.3, 0.4) is 0 Å². The highest BCUT2D eigenvalue weighted by Gasteiger charge is 2.24. The van der Waals surface area contributed by atoms with Gasteiger partial charge in [-0.3, -0.25) is 14.4 Å². The van der Waals surface area contributed by atoms with Gasteiger partial charge in [0.2, 0.25) is 0 Å². The first-order chi connectivity index (χ1) is 13.2. The van der Waals surface area contributed by atoms with E-state index in [-0.39, 0.29) is 5.91 Å². The van der Waals surface area contributed by atoms with Crippen LogP contribution in [-0.4, -0.2) is 51.7 Å². The zero-order valence-corrected chi connectivity index (χ0v) is 16.3. The van der Waals surface area contributed by atoms with E-state index < -0.39 is 0 Å². The van der Waals surface area contributed by atoms with Crippen LogP contribution in [0.5, 0.6) is 0 Å². The Morgan fingerprint density at radius 3 is 2.33 bits per heavy atom. The van der Waals surface area contributed by atoms with Crippen LogP contribution in [0.4, 0.5) is 0 Å². The highest BCUT2D eigenvalue weighted by molar-refractivity contribution is 5.93. The number of aryl methyl sites for hydroxylation is 1. The summed E-state index contributed by atoms with van der Waals surface area (Å²) < 4.78 is 1.69. The number of amides is 1. The summed E-state index contributed by atoms with van der Waals surface area (Å²) in [6.45, 7) is 5.29. The third-order valence-corrected chi connectivity index (χ3v) is 6.01. The first-order valence-corrected chi connectivity index (χ1v) is 10.3. The Morgan fingerprint density at radius 1 is 1.04 bits per heavy atom. The average molecular weight is 367 g/mol. The summed E-state index contributed by atoms with van der Waals surface area (Å²) in [5, 5.41) is 4.11. The van der Waals surface area contributed by atoms with Crippen LogP contribution in [0.15, 0.2) is 36.7 Å². The monoisotopic (exact) mass is 366 g/mol.